The number of hydrogen-bond acceptors (Lipinski definition) is 8. The Hall–Kier alpha value is -3.89. The number of likely N-dealkylation sites (tertiary alicyclic amines) is 2. The molecule has 2 saturated heterocycles. The van der Waals surface area contributed by atoms with E-state index in [0.29, 0.717) is 18.7 Å². The van der Waals surface area contributed by atoms with Crippen molar-refractivity contribution in [2.45, 2.75) is 65.5 Å². The van der Waals surface area contributed by atoms with Gasteiger partial charge in [0.25, 0.3) is 5.91 Å². The number of amides is 2. The molecule has 5 rings (SSSR count). The van der Waals surface area contributed by atoms with Gasteiger partial charge in [-0.2, -0.15) is 0 Å². The number of carbonyl (C=O) groups is 3. The lowest BCUT2D eigenvalue weighted by Gasteiger charge is -2.39. The Labute approximate surface area is 257 Å². The van der Waals surface area contributed by atoms with Crippen LogP contribution in [-0.4, -0.2) is 66.3 Å². The Kier molecular flexibility index (Phi) is 9.67. The molecule has 2 atom stereocenters. The maximum absolute atomic E-state index is 13.4. The molecule has 2 amide bonds. The third-order valence-electron chi connectivity index (χ3n) is 7.85. The van der Waals surface area contributed by atoms with Gasteiger partial charge in [0, 0.05) is 54.5 Å². The Morgan fingerprint density at radius 3 is 2.51 bits per heavy atom. The Bertz CT molecular complexity index is 1460. The number of nitrogens with one attached hydrogen (secondary N) is 2. The number of benzene rings is 2. The molecule has 0 saturated carbocycles. The van der Waals surface area contributed by atoms with Crippen LogP contribution in [0.3, 0.4) is 0 Å². The number of aryl methyl sites for hydroxylation is 1. The van der Waals surface area contributed by atoms with Gasteiger partial charge in [-0.25, -0.2) is 4.79 Å². The van der Waals surface area contributed by atoms with Gasteiger partial charge in [0.15, 0.2) is 0 Å². The van der Waals surface area contributed by atoms with Crippen molar-refractivity contribution in [1.82, 2.24) is 15.1 Å². The summed E-state index contributed by atoms with van der Waals surface area (Å²) >= 11 is 1.84. The summed E-state index contributed by atoms with van der Waals surface area (Å²) in [6.45, 7) is 11.0. The summed E-state index contributed by atoms with van der Waals surface area (Å²) in [6.07, 6.45) is 1.12. The fraction of sp³-hybridized carbons (Fsp3) is 0.424. The smallest absolute Gasteiger partial charge is 0.412 e. The van der Waals surface area contributed by atoms with Crippen molar-refractivity contribution < 1.29 is 23.9 Å². The van der Waals surface area contributed by atoms with Crippen LogP contribution in [0.25, 0.3) is 10.4 Å². The minimum absolute atomic E-state index is 0.0185. The normalized spacial score (nSPS) is 16.7. The first-order valence-electron chi connectivity index (χ1n) is 14.9. The van der Waals surface area contributed by atoms with E-state index in [2.05, 4.69) is 51.9 Å². The van der Waals surface area contributed by atoms with E-state index < -0.39 is 18.4 Å². The van der Waals surface area contributed by atoms with Crippen LogP contribution in [0.5, 0.6) is 0 Å². The minimum atomic E-state index is -0.937. The number of anilines is 1. The van der Waals surface area contributed by atoms with E-state index in [9.17, 15) is 14.4 Å². The number of nitrogens with zero attached hydrogens (tertiary/aromatic N) is 2. The number of rotatable bonds is 10. The van der Waals surface area contributed by atoms with Gasteiger partial charge in [0.2, 0.25) is 6.29 Å². The molecule has 0 radical (unpaired) electrons. The molecule has 2 N–H and O–H groups in total. The molecule has 2 aromatic carbocycles. The van der Waals surface area contributed by atoms with Crippen molar-refractivity contribution in [3.63, 3.8) is 0 Å². The highest BCUT2D eigenvalue weighted by Crippen LogP contribution is 2.31. The van der Waals surface area contributed by atoms with E-state index in [-0.39, 0.29) is 18.0 Å². The molecular weight excluding hydrogens is 564 g/mol. The number of esters is 1. The molecule has 2 fully saturated rings. The molecule has 2 aliphatic heterocycles. The molecule has 0 spiro atoms. The van der Waals surface area contributed by atoms with E-state index in [1.165, 1.54) is 54.4 Å². The molecule has 1 aromatic heterocycles. The third-order valence-corrected chi connectivity index (χ3v) is 8.97. The number of thiophene rings is 1. The summed E-state index contributed by atoms with van der Waals surface area (Å²) in [5.74, 6) is -0.646. The number of ether oxygens (including phenoxy) is 2. The number of hydrogen-bond donors (Lipinski definition) is 2. The largest absolute Gasteiger partial charge is 0.426 e. The average molecular weight is 605 g/mol. The molecule has 10 heteroatoms. The molecule has 0 bridgehead atoms. The highest BCUT2D eigenvalue weighted by molar-refractivity contribution is 7.15. The summed E-state index contributed by atoms with van der Waals surface area (Å²) in [5, 5.41) is 6.56. The van der Waals surface area contributed by atoms with Crippen molar-refractivity contribution in [3.05, 3.63) is 76.2 Å². The zero-order valence-electron chi connectivity index (χ0n) is 25.2. The quantitative estimate of drug-likeness (QED) is 0.218. The summed E-state index contributed by atoms with van der Waals surface area (Å²) in [5.41, 5.74) is 4.50. The second-order valence-corrected chi connectivity index (χ2v) is 12.6. The van der Waals surface area contributed by atoms with Crippen LogP contribution in [0, 0.1) is 6.92 Å². The summed E-state index contributed by atoms with van der Waals surface area (Å²) in [6, 6.07) is 18.4. The average Bonchev–Trinajstić information content (AvgIpc) is 3.63. The standard InChI is InChI=1S/C33H40N4O5S/c1-21-10-11-27(35-28-18-37(19-28)33(40)42-24(4)41-23(3)38)17-30(21)32(39)34-22(2)25-8-7-9-26(16-25)31-13-12-29(43-31)20-36-14-5-6-15-36/h7-13,16-17,22,24,28,35H,5-6,14-15,18-20H2,1-4H3,(H,34,39)/t22-,24?/m1/s1. The van der Waals surface area contributed by atoms with Crippen molar-refractivity contribution >= 4 is 35.0 Å². The molecule has 3 aromatic rings. The van der Waals surface area contributed by atoms with Gasteiger partial charge in [-0.1, -0.05) is 24.3 Å². The summed E-state index contributed by atoms with van der Waals surface area (Å²) in [7, 11) is 0. The molecule has 0 aliphatic carbocycles. The summed E-state index contributed by atoms with van der Waals surface area (Å²) in [4.78, 5) is 43.3. The van der Waals surface area contributed by atoms with Crippen molar-refractivity contribution in [2.24, 2.45) is 0 Å². The molecular formula is C33H40N4O5S. The maximum atomic E-state index is 13.4. The van der Waals surface area contributed by atoms with E-state index in [1.807, 2.05) is 43.4 Å². The van der Waals surface area contributed by atoms with Crippen LogP contribution in [-0.2, 0) is 20.8 Å². The highest BCUT2D eigenvalue weighted by atomic mass is 32.1. The molecule has 43 heavy (non-hydrogen) atoms. The van der Waals surface area contributed by atoms with E-state index in [4.69, 9.17) is 9.47 Å². The van der Waals surface area contributed by atoms with Gasteiger partial charge in [-0.15, -0.1) is 11.3 Å². The fourth-order valence-electron chi connectivity index (χ4n) is 5.48. The lowest BCUT2D eigenvalue weighted by atomic mass is 10.0. The van der Waals surface area contributed by atoms with Crippen molar-refractivity contribution in [2.75, 3.05) is 31.5 Å². The van der Waals surface area contributed by atoms with Gasteiger partial charge < -0.3 is 25.0 Å². The Balaban J connectivity index is 1.15. The van der Waals surface area contributed by atoms with Crippen LogP contribution in [0.2, 0.25) is 0 Å². The van der Waals surface area contributed by atoms with Crippen molar-refractivity contribution in [3.8, 4) is 10.4 Å². The van der Waals surface area contributed by atoms with Crippen LogP contribution in [0.15, 0.2) is 54.6 Å². The van der Waals surface area contributed by atoms with Gasteiger partial charge in [-0.05, 0) is 86.8 Å². The molecule has 2 aliphatic rings. The second-order valence-electron chi connectivity index (χ2n) is 11.4. The lowest BCUT2D eigenvalue weighted by Crippen LogP contribution is -2.57. The molecule has 1 unspecified atom stereocenters. The van der Waals surface area contributed by atoms with Gasteiger partial charge >= 0.3 is 12.1 Å². The fourth-order valence-corrected chi connectivity index (χ4v) is 6.53. The Morgan fingerprint density at radius 2 is 1.77 bits per heavy atom. The maximum Gasteiger partial charge on any atom is 0.412 e. The first-order chi connectivity index (χ1) is 20.6. The zero-order valence-corrected chi connectivity index (χ0v) is 26.0. The third kappa shape index (κ3) is 7.94. The van der Waals surface area contributed by atoms with Crippen LogP contribution in [0.1, 0.15) is 66.0 Å². The topological polar surface area (TPSA) is 100 Å². The predicted molar refractivity (Wildman–Crippen MR) is 168 cm³/mol. The predicted octanol–water partition coefficient (Wildman–Crippen LogP) is 5.95. The van der Waals surface area contributed by atoms with Crippen LogP contribution in [0.4, 0.5) is 10.5 Å². The highest BCUT2D eigenvalue weighted by Gasteiger charge is 2.33. The van der Waals surface area contributed by atoms with Gasteiger partial charge in [-0.3, -0.25) is 14.5 Å². The van der Waals surface area contributed by atoms with E-state index in [1.54, 1.807) is 0 Å². The minimum Gasteiger partial charge on any atom is -0.426 e. The molecule has 9 nitrogen and oxygen atoms in total. The van der Waals surface area contributed by atoms with Gasteiger partial charge in [0.1, 0.15) is 0 Å². The SMILES string of the molecule is CC(=O)OC(C)OC(=O)N1CC(Nc2ccc(C)c(C(=O)N[C@H](C)c3cccc(-c4ccc(CN5CCCC5)s4)c3)c2)C1. The molecule has 228 valence electrons. The summed E-state index contributed by atoms with van der Waals surface area (Å²) < 4.78 is 9.97. The lowest BCUT2D eigenvalue weighted by molar-refractivity contribution is -0.163. The Morgan fingerprint density at radius 1 is 1.00 bits per heavy atom. The van der Waals surface area contributed by atoms with Crippen molar-refractivity contribution in [1.29, 1.82) is 0 Å². The second kappa shape index (κ2) is 13.6. The van der Waals surface area contributed by atoms with E-state index >= 15 is 0 Å². The molecule has 3 heterocycles. The number of carbonyl (C=O) groups excluding carboxylic acids is 3. The zero-order chi connectivity index (χ0) is 30.5. The monoisotopic (exact) mass is 604 g/mol. The van der Waals surface area contributed by atoms with Crippen LogP contribution < -0.4 is 10.6 Å². The first kappa shape index (κ1) is 30.6. The van der Waals surface area contributed by atoms with Gasteiger partial charge in [0.05, 0.1) is 12.1 Å². The first-order valence-corrected chi connectivity index (χ1v) is 15.7. The van der Waals surface area contributed by atoms with E-state index in [0.717, 1.165) is 28.9 Å². The van der Waals surface area contributed by atoms with Crippen LogP contribution >= 0.6 is 11.3 Å².